The molecule has 6 heteroatoms. The molecule has 0 aromatic heterocycles. The normalized spacial score (nSPS) is 10.4. The van der Waals surface area contributed by atoms with E-state index in [2.05, 4.69) is 31.2 Å². The van der Waals surface area contributed by atoms with E-state index >= 15 is 0 Å². The quantitative estimate of drug-likeness (QED) is 0.661. The zero-order valence-electron chi connectivity index (χ0n) is 8.61. The van der Waals surface area contributed by atoms with Gasteiger partial charge in [0.1, 0.15) is 5.75 Å². The molecule has 2 N–H and O–H groups in total. The lowest BCUT2D eigenvalue weighted by molar-refractivity contribution is 0.152. The third kappa shape index (κ3) is 3.90. The van der Waals surface area contributed by atoms with Crippen LogP contribution in [0.25, 0.3) is 0 Å². The van der Waals surface area contributed by atoms with Gasteiger partial charge in [0, 0.05) is 10.0 Å². The van der Waals surface area contributed by atoms with E-state index in [1.807, 2.05) is 0 Å². The van der Waals surface area contributed by atoms with Crippen LogP contribution in [0.15, 0.2) is 27.8 Å². The van der Waals surface area contributed by atoms with Gasteiger partial charge in [0.25, 0.3) is 0 Å². The van der Waals surface area contributed by atoms with Crippen LogP contribution in [0.4, 0.5) is 4.79 Å². The monoisotopic (exact) mass is 286 g/mol. The molecule has 0 fully saturated rings. The van der Waals surface area contributed by atoms with Crippen molar-refractivity contribution in [1.82, 2.24) is 5.43 Å². The number of carbonyl (C=O) groups excluding carboxylic acids is 1. The highest BCUT2D eigenvalue weighted by Gasteiger charge is 1.99. The first kappa shape index (κ1) is 12.5. The SMILES string of the molecule is CCOC(=O)NN=Cc1cc(Br)ccc1O. The Bertz CT molecular complexity index is 407. The Morgan fingerprint density at radius 3 is 3.12 bits per heavy atom. The van der Waals surface area contributed by atoms with Crippen molar-refractivity contribution in [2.45, 2.75) is 6.92 Å². The first-order valence-corrected chi connectivity index (χ1v) is 5.37. The van der Waals surface area contributed by atoms with Crippen molar-refractivity contribution in [3.05, 3.63) is 28.2 Å². The van der Waals surface area contributed by atoms with Crippen molar-refractivity contribution in [1.29, 1.82) is 0 Å². The van der Waals surface area contributed by atoms with Gasteiger partial charge in [-0.2, -0.15) is 5.10 Å². The molecule has 0 aliphatic rings. The number of hydrogen-bond donors (Lipinski definition) is 2. The van der Waals surface area contributed by atoms with Gasteiger partial charge in [-0.15, -0.1) is 0 Å². The number of nitrogens with one attached hydrogen (secondary N) is 1. The average Bonchev–Trinajstić information content (AvgIpc) is 2.23. The molecule has 0 bridgehead atoms. The van der Waals surface area contributed by atoms with E-state index in [4.69, 9.17) is 0 Å². The van der Waals surface area contributed by atoms with Gasteiger partial charge in [-0.05, 0) is 25.1 Å². The van der Waals surface area contributed by atoms with E-state index in [1.54, 1.807) is 19.1 Å². The van der Waals surface area contributed by atoms with Gasteiger partial charge in [-0.3, -0.25) is 0 Å². The second-order valence-electron chi connectivity index (χ2n) is 2.79. The summed E-state index contributed by atoms with van der Waals surface area (Å²) < 4.78 is 5.41. The van der Waals surface area contributed by atoms with Crippen LogP contribution >= 0.6 is 15.9 Å². The number of halogens is 1. The van der Waals surface area contributed by atoms with Crippen LogP contribution in [-0.2, 0) is 4.74 Å². The molecule has 1 amide bonds. The van der Waals surface area contributed by atoms with Crippen molar-refractivity contribution in [2.75, 3.05) is 6.61 Å². The summed E-state index contributed by atoms with van der Waals surface area (Å²) in [5.74, 6) is 0.0811. The van der Waals surface area contributed by atoms with Gasteiger partial charge in [-0.25, -0.2) is 10.2 Å². The first-order valence-electron chi connectivity index (χ1n) is 4.58. The largest absolute Gasteiger partial charge is 0.507 e. The Labute approximate surface area is 101 Å². The molecule has 86 valence electrons. The van der Waals surface area contributed by atoms with Crippen molar-refractivity contribution in [3.8, 4) is 5.75 Å². The standard InChI is InChI=1S/C10H11BrN2O3/c1-2-16-10(15)13-12-6-7-5-8(11)3-4-9(7)14/h3-6,14H,2H2,1H3,(H,13,15). The molecule has 0 spiro atoms. The number of amides is 1. The van der Waals surface area contributed by atoms with Gasteiger partial charge in [-0.1, -0.05) is 15.9 Å². The fourth-order valence-corrected chi connectivity index (χ4v) is 1.33. The number of ether oxygens (including phenoxy) is 1. The summed E-state index contributed by atoms with van der Waals surface area (Å²) in [7, 11) is 0. The number of phenols is 1. The van der Waals surface area contributed by atoms with E-state index in [9.17, 15) is 9.90 Å². The number of benzene rings is 1. The summed E-state index contributed by atoms with van der Waals surface area (Å²) in [5, 5.41) is 13.1. The van der Waals surface area contributed by atoms with E-state index in [1.165, 1.54) is 12.3 Å². The van der Waals surface area contributed by atoms with Crippen LogP contribution in [0.2, 0.25) is 0 Å². The maximum absolute atomic E-state index is 10.9. The molecule has 1 aromatic carbocycles. The summed E-state index contributed by atoms with van der Waals surface area (Å²) in [6.45, 7) is 1.98. The lowest BCUT2D eigenvalue weighted by atomic mass is 10.2. The van der Waals surface area contributed by atoms with Crippen molar-refractivity contribution in [3.63, 3.8) is 0 Å². The van der Waals surface area contributed by atoms with Crippen molar-refractivity contribution in [2.24, 2.45) is 5.10 Å². The molecule has 0 aliphatic carbocycles. The molecule has 0 atom stereocenters. The van der Waals surface area contributed by atoms with Crippen LogP contribution in [-0.4, -0.2) is 24.0 Å². The average molecular weight is 287 g/mol. The number of rotatable bonds is 3. The molecule has 5 nitrogen and oxygen atoms in total. The predicted molar refractivity (Wildman–Crippen MR) is 63.6 cm³/mol. The van der Waals surface area contributed by atoms with E-state index < -0.39 is 6.09 Å². The lowest BCUT2D eigenvalue weighted by Crippen LogP contribution is -2.18. The number of hydrazone groups is 1. The Kier molecular flexibility index (Phi) is 4.78. The Morgan fingerprint density at radius 1 is 1.69 bits per heavy atom. The molecular formula is C10H11BrN2O3. The molecule has 0 unspecified atom stereocenters. The summed E-state index contributed by atoms with van der Waals surface area (Å²) in [4.78, 5) is 10.9. The third-order valence-corrected chi connectivity index (χ3v) is 2.12. The van der Waals surface area contributed by atoms with E-state index in [-0.39, 0.29) is 12.4 Å². The van der Waals surface area contributed by atoms with Crippen LogP contribution in [0, 0.1) is 0 Å². The minimum atomic E-state index is -0.631. The summed E-state index contributed by atoms with van der Waals surface area (Å²) in [6, 6.07) is 4.90. The van der Waals surface area contributed by atoms with Crippen LogP contribution in [0.3, 0.4) is 0 Å². The lowest BCUT2D eigenvalue weighted by Gasteiger charge is -2.00. The number of nitrogens with zero attached hydrogens (tertiary/aromatic N) is 1. The van der Waals surface area contributed by atoms with E-state index in [0.717, 1.165) is 4.47 Å². The van der Waals surface area contributed by atoms with Crippen molar-refractivity contribution < 1.29 is 14.6 Å². The number of hydrogen-bond acceptors (Lipinski definition) is 4. The van der Waals surface area contributed by atoms with Crippen LogP contribution < -0.4 is 5.43 Å². The summed E-state index contributed by atoms with van der Waals surface area (Å²) >= 11 is 3.26. The molecule has 0 saturated heterocycles. The number of phenolic OH excluding ortho intramolecular Hbond substituents is 1. The first-order chi connectivity index (χ1) is 7.63. The zero-order valence-corrected chi connectivity index (χ0v) is 10.2. The van der Waals surface area contributed by atoms with Gasteiger partial charge in [0.15, 0.2) is 0 Å². The second kappa shape index (κ2) is 6.12. The Balaban J connectivity index is 2.62. The second-order valence-corrected chi connectivity index (χ2v) is 3.71. The Hall–Kier alpha value is -1.56. The van der Waals surface area contributed by atoms with Crippen LogP contribution in [0.1, 0.15) is 12.5 Å². The molecule has 0 radical (unpaired) electrons. The molecule has 0 aliphatic heterocycles. The smallest absolute Gasteiger partial charge is 0.427 e. The molecular weight excluding hydrogens is 276 g/mol. The maximum Gasteiger partial charge on any atom is 0.427 e. The molecule has 0 heterocycles. The fraction of sp³-hybridized carbons (Fsp3) is 0.200. The highest BCUT2D eigenvalue weighted by Crippen LogP contribution is 2.19. The van der Waals surface area contributed by atoms with Gasteiger partial charge < -0.3 is 9.84 Å². The molecule has 1 rings (SSSR count). The van der Waals surface area contributed by atoms with E-state index in [0.29, 0.717) is 5.56 Å². The minimum Gasteiger partial charge on any atom is -0.507 e. The topological polar surface area (TPSA) is 70.9 Å². The van der Waals surface area contributed by atoms with Crippen molar-refractivity contribution >= 4 is 28.2 Å². The highest BCUT2D eigenvalue weighted by molar-refractivity contribution is 9.10. The zero-order chi connectivity index (χ0) is 12.0. The fourth-order valence-electron chi connectivity index (χ4n) is 0.947. The summed E-state index contributed by atoms with van der Waals surface area (Å²) in [6.07, 6.45) is 0.699. The summed E-state index contributed by atoms with van der Waals surface area (Å²) in [5.41, 5.74) is 2.65. The minimum absolute atomic E-state index is 0.0811. The third-order valence-electron chi connectivity index (χ3n) is 1.62. The Morgan fingerprint density at radius 2 is 2.44 bits per heavy atom. The molecule has 16 heavy (non-hydrogen) atoms. The maximum atomic E-state index is 10.9. The number of aromatic hydroxyl groups is 1. The van der Waals surface area contributed by atoms with Gasteiger partial charge >= 0.3 is 6.09 Å². The molecule has 1 aromatic rings. The predicted octanol–water partition coefficient (Wildman–Crippen LogP) is 2.23. The van der Waals surface area contributed by atoms with Gasteiger partial charge in [0.2, 0.25) is 0 Å². The van der Waals surface area contributed by atoms with Crippen LogP contribution in [0.5, 0.6) is 5.75 Å². The number of carbonyl (C=O) groups is 1. The molecule has 0 saturated carbocycles. The highest BCUT2D eigenvalue weighted by atomic mass is 79.9. The van der Waals surface area contributed by atoms with Gasteiger partial charge in [0.05, 0.1) is 12.8 Å².